The maximum atomic E-state index is 12.3. The van der Waals surface area contributed by atoms with Gasteiger partial charge in [0.15, 0.2) is 0 Å². The highest BCUT2D eigenvalue weighted by molar-refractivity contribution is 14.1. The van der Waals surface area contributed by atoms with Crippen LogP contribution in [0.5, 0.6) is 0 Å². The van der Waals surface area contributed by atoms with Crippen molar-refractivity contribution in [3.63, 3.8) is 0 Å². The van der Waals surface area contributed by atoms with Crippen LogP contribution in [0.4, 0.5) is 10.5 Å². The molecule has 0 unspecified atom stereocenters. The van der Waals surface area contributed by atoms with Crippen LogP contribution >= 0.6 is 34.4 Å². The number of aryl methyl sites for hydroxylation is 1. The number of fused-ring (bicyclic) bond motifs is 1. The van der Waals surface area contributed by atoms with Gasteiger partial charge in [-0.3, -0.25) is 19.3 Å². The van der Waals surface area contributed by atoms with Gasteiger partial charge in [-0.05, 0) is 6.26 Å². The second-order valence-corrected chi connectivity index (χ2v) is 5.71. The Bertz CT molecular complexity index is 713. The second kappa shape index (κ2) is 5.92. The Hall–Kier alpha value is -1.42. The van der Waals surface area contributed by atoms with Crippen molar-refractivity contribution in [1.29, 1.82) is 0 Å². The summed E-state index contributed by atoms with van der Waals surface area (Å²) in [5.74, 6) is -0.451. The summed E-state index contributed by atoms with van der Waals surface area (Å²) >= 11 is 2.77. The lowest BCUT2D eigenvalue weighted by Crippen LogP contribution is -2.33. The van der Waals surface area contributed by atoms with Gasteiger partial charge in [-0.15, -0.1) is 11.8 Å². The van der Waals surface area contributed by atoms with Crippen LogP contribution in [0, 0.1) is 0 Å². The molecule has 0 saturated heterocycles. The van der Waals surface area contributed by atoms with Crippen LogP contribution in [0.15, 0.2) is 30.1 Å². The van der Waals surface area contributed by atoms with Gasteiger partial charge in [0.25, 0.3) is 9.82 Å². The zero-order chi connectivity index (χ0) is 14.9. The van der Waals surface area contributed by atoms with Crippen LogP contribution < -0.4 is 4.90 Å². The number of imide groups is 1. The third-order valence-electron chi connectivity index (χ3n) is 2.72. The van der Waals surface area contributed by atoms with E-state index in [1.54, 1.807) is 53.0 Å². The van der Waals surface area contributed by atoms with Gasteiger partial charge in [-0.1, -0.05) is 6.58 Å². The number of pyridine rings is 1. The first-order chi connectivity index (χ1) is 9.47. The van der Waals surface area contributed by atoms with Gasteiger partial charge in [0.05, 0.1) is 28.5 Å². The second-order valence-electron chi connectivity index (χ2n) is 3.89. The van der Waals surface area contributed by atoms with Gasteiger partial charge in [0, 0.05) is 41.2 Å². The van der Waals surface area contributed by atoms with E-state index in [9.17, 15) is 9.59 Å². The number of rotatable bonds is 3. The van der Waals surface area contributed by atoms with Crippen molar-refractivity contribution in [2.75, 3.05) is 11.2 Å². The SMILES string of the molecule is C=C(SC)C(=O)N(C(=O)I)c1cncc2cnn(C)c12. The molecular formula is C12H11IN4O2S. The number of hydrogen-bond acceptors (Lipinski definition) is 5. The van der Waals surface area contributed by atoms with Crippen molar-refractivity contribution in [3.8, 4) is 0 Å². The number of halogens is 1. The van der Waals surface area contributed by atoms with Crippen molar-refractivity contribution in [2.45, 2.75) is 0 Å². The predicted octanol–water partition coefficient (Wildman–Crippen LogP) is 2.73. The lowest BCUT2D eigenvalue weighted by molar-refractivity contribution is -0.113. The number of amides is 2. The van der Waals surface area contributed by atoms with Crippen LogP contribution in [0.25, 0.3) is 10.9 Å². The molecule has 0 aromatic carbocycles. The summed E-state index contributed by atoms with van der Waals surface area (Å²) in [6, 6.07) is 0. The van der Waals surface area contributed by atoms with Crippen molar-refractivity contribution in [3.05, 3.63) is 30.1 Å². The number of hydrogen-bond donors (Lipinski definition) is 0. The third kappa shape index (κ3) is 2.57. The third-order valence-corrected chi connectivity index (χ3v) is 3.87. The molecule has 0 aliphatic rings. The highest BCUT2D eigenvalue weighted by Gasteiger charge is 2.26. The Kier molecular flexibility index (Phi) is 4.43. The van der Waals surface area contributed by atoms with E-state index >= 15 is 0 Å². The lowest BCUT2D eigenvalue weighted by atomic mass is 10.3. The zero-order valence-corrected chi connectivity index (χ0v) is 13.8. The highest BCUT2D eigenvalue weighted by atomic mass is 127. The van der Waals surface area contributed by atoms with Crippen LogP contribution in [0.2, 0.25) is 0 Å². The smallest absolute Gasteiger partial charge is 0.268 e. The highest BCUT2D eigenvalue weighted by Crippen LogP contribution is 2.28. The molecule has 0 aliphatic carbocycles. The first-order valence-corrected chi connectivity index (χ1v) is 7.80. The molecule has 2 amide bonds. The predicted molar refractivity (Wildman–Crippen MR) is 88.1 cm³/mol. The number of thioether (sulfide) groups is 1. The Morgan fingerprint density at radius 2 is 2.10 bits per heavy atom. The molecule has 0 atom stereocenters. The summed E-state index contributed by atoms with van der Waals surface area (Å²) in [4.78, 5) is 29.6. The fraction of sp³-hybridized carbons (Fsp3) is 0.167. The minimum Gasteiger partial charge on any atom is -0.268 e. The molecule has 0 radical (unpaired) electrons. The Morgan fingerprint density at radius 1 is 1.40 bits per heavy atom. The number of aromatic nitrogens is 3. The fourth-order valence-electron chi connectivity index (χ4n) is 1.77. The molecule has 20 heavy (non-hydrogen) atoms. The molecule has 2 rings (SSSR count). The standard InChI is InChI=1S/C12H11IN4O2S/c1-7(20-3)11(18)17(12(13)19)9-6-14-4-8-5-15-16(2)10(8)9/h4-6H,1H2,2-3H3. The van der Waals surface area contributed by atoms with E-state index in [2.05, 4.69) is 16.7 Å². The summed E-state index contributed by atoms with van der Waals surface area (Å²) in [6.45, 7) is 3.67. The van der Waals surface area contributed by atoms with Gasteiger partial charge in [-0.2, -0.15) is 5.10 Å². The molecule has 0 spiro atoms. The lowest BCUT2D eigenvalue weighted by Gasteiger charge is -2.19. The summed E-state index contributed by atoms with van der Waals surface area (Å²) < 4.78 is 1.19. The summed E-state index contributed by atoms with van der Waals surface area (Å²) in [6.07, 6.45) is 6.48. The summed E-state index contributed by atoms with van der Waals surface area (Å²) in [5.41, 5.74) is 1.08. The van der Waals surface area contributed by atoms with E-state index in [4.69, 9.17) is 0 Å². The molecule has 8 heteroatoms. The van der Waals surface area contributed by atoms with Crippen molar-refractivity contribution in [2.24, 2.45) is 7.05 Å². The van der Waals surface area contributed by atoms with Crippen molar-refractivity contribution in [1.82, 2.24) is 14.8 Å². The molecule has 6 nitrogen and oxygen atoms in total. The Labute approximate surface area is 133 Å². The largest absolute Gasteiger partial charge is 0.294 e. The first-order valence-electron chi connectivity index (χ1n) is 5.50. The van der Waals surface area contributed by atoms with E-state index in [1.165, 1.54) is 18.0 Å². The van der Waals surface area contributed by atoms with Gasteiger partial charge in [-0.25, -0.2) is 4.90 Å². The number of anilines is 1. The van der Waals surface area contributed by atoms with Crippen LogP contribution in [0.3, 0.4) is 0 Å². The Balaban J connectivity index is 2.64. The maximum Gasteiger partial charge on any atom is 0.294 e. The van der Waals surface area contributed by atoms with E-state index in [-0.39, 0.29) is 4.91 Å². The number of nitrogens with zero attached hydrogens (tertiary/aromatic N) is 4. The quantitative estimate of drug-likeness (QED) is 0.342. The summed E-state index contributed by atoms with van der Waals surface area (Å²) in [5, 5.41) is 4.88. The van der Waals surface area contributed by atoms with Gasteiger partial charge < -0.3 is 0 Å². The minimum atomic E-state index is -0.451. The molecule has 0 bridgehead atoms. The normalized spacial score (nSPS) is 10.6. The van der Waals surface area contributed by atoms with Gasteiger partial charge in [0.2, 0.25) is 0 Å². The minimum absolute atomic E-state index is 0.286. The Morgan fingerprint density at radius 3 is 2.70 bits per heavy atom. The topological polar surface area (TPSA) is 68.1 Å². The van der Waals surface area contributed by atoms with E-state index in [0.29, 0.717) is 11.2 Å². The number of carbonyl (C=O) groups excluding carboxylic acids is 2. The first kappa shape index (κ1) is 15.0. The fourth-order valence-corrected chi connectivity index (χ4v) is 2.52. The zero-order valence-electron chi connectivity index (χ0n) is 10.8. The molecule has 0 saturated carbocycles. The molecular weight excluding hydrogens is 391 g/mol. The van der Waals surface area contributed by atoms with E-state index < -0.39 is 9.82 Å². The van der Waals surface area contributed by atoms with E-state index in [1.807, 2.05) is 0 Å². The van der Waals surface area contributed by atoms with Crippen LogP contribution in [0.1, 0.15) is 0 Å². The molecule has 0 fully saturated rings. The van der Waals surface area contributed by atoms with E-state index in [0.717, 1.165) is 10.3 Å². The number of carbonyl (C=O) groups is 2. The van der Waals surface area contributed by atoms with Crippen molar-refractivity contribution >= 4 is 60.8 Å². The average Bonchev–Trinajstić information content (AvgIpc) is 2.80. The average molecular weight is 402 g/mol. The molecule has 2 aromatic rings. The molecule has 2 heterocycles. The maximum absolute atomic E-state index is 12.3. The molecule has 104 valence electrons. The van der Waals surface area contributed by atoms with Crippen LogP contribution in [-0.2, 0) is 11.8 Å². The monoisotopic (exact) mass is 402 g/mol. The van der Waals surface area contributed by atoms with Crippen molar-refractivity contribution < 1.29 is 9.59 Å². The molecule has 2 aromatic heterocycles. The molecule has 0 N–H and O–H groups in total. The van der Waals surface area contributed by atoms with Crippen LogP contribution in [-0.4, -0.2) is 30.8 Å². The summed E-state index contributed by atoms with van der Waals surface area (Å²) in [7, 11) is 1.75. The van der Waals surface area contributed by atoms with Gasteiger partial charge >= 0.3 is 0 Å². The van der Waals surface area contributed by atoms with Gasteiger partial charge in [0.1, 0.15) is 0 Å². The molecule has 0 aliphatic heterocycles.